The summed E-state index contributed by atoms with van der Waals surface area (Å²) in [7, 11) is 0. The van der Waals surface area contributed by atoms with E-state index in [1.54, 1.807) is 12.1 Å². The molecular formula is C7H4ClIOS. The molecular weight excluding hydrogens is 294 g/mol. The zero-order valence-corrected chi connectivity index (χ0v) is 9.15. The van der Waals surface area contributed by atoms with Gasteiger partial charge in [0, 0.05) is 9.13 Å². The quantitative estimate of drug-likeness (QED) is 0.623. The van der Waals surface area contributed by atoms with Crippen LogP contribution in [0.3, 0.4) is 0 Å². The van der Waals surface area contributed by atoms with E-state index in [0.29, 0.717) is 10.6 Å². The van der Waals surface area contributed by atoms with Crippen molar-refractivity contribution in [1.82, 2.24) is 0 Å². The number of halogens is 2. The lowest BCUT2D eigenvalue weighted by Crippen LogP contribution is -1.90. The van der Waals surface area contributed by atoms with Crippen LogP contribution in [-0.4, -0.2) is 5.12 Å². The van der Waals surface area contributed by atoms with Crippen LogP contribution in [-0.2, 0) is 0 Å². The van der Waals surface area contributed by atoms with Gasteiger partial charge in [0.25, 0.3) is 0 Å². The van der Waals surface area contributed by atoms with Crippen LogP contribution < -0.4 is 0 Å². The zero-order chi connectivity index (χ0) is 8.43. The Labute approximate surface area is 88.7 Å². The first kappa shape index (κ1) is 9.35. The van der Waals surface area contributed by atoms with Crippen LogP contribution in [0.5, 0.6) is 0 Å². The van der Waals surface area contributed by atoms with Crippen molar-refractivity contribution in [3.05, 3.63) is 32.4 Å². The summed E-state index contributed by atoms with van der Waals surface area (Å²) in [4.78, 5) is 10.8. The Balaban J connectivity index is 3.23. The van der Waals surface area contributed by atoms with Crippen LogP contribution in [0.15, 0.2) is 18.2 Å². The maximum Gasteiger partial charge on any atom is 0.217 e. The standard InChI is InChI=1S/C7H4ClIOS/c8-6-2-1-4(9)3-5(6)7(10)11/h1-3H,(H,10,11). The van der Waals surface area contributed by atoms with Crippen LogP contribution in [0.2, 0.25) is 5.02 Å². The number of hydrogen-bond acceptors (Lipinski definition) is 1. The molecule has 1 nitrogen and oxygen atoms in total. The fourth-order valence-electron chi connectivity index (χ4n) is 0.661. The van der Waals surface area contributed by atoms with E-state index >= 15 is 0 Å². The molecule has 0 aromatic heterocycles. The number of thiol groups is 1. The summed E-state index contributed by atoms with van der Waals surface area (Å²) >= 11 is 11.5. The van der Waals surface area contributed by atoms with Crippen molar-refractivity contribution in [3.8, 4) is 0 Å². The second kappa shape index (κ2) is 3.78. The third-order valence-corrected chi connectivity index (χ3v) is 2.40. The third kappa shape index (κ3) is 2.35. The molecule has 0 bridgehead atoms. The average Bonchev–Trinajstić information content (AvgIpc) is 1.94. The molecule has 0 aliphatic heterocycles. The highest BCUT2D eigenvalue weighted by Crippen LogP contribution is 2.19. The smallest absolute Gasteiger partial charge is 0.217 e. The normalized spacial score (nSPS) is 9.73. The summed E-state index contributed by atoms with van der Waals surface area (Å²) < 4.78 is 0.976. The molecule has 0 aliphatic rings. The van der Waals surface area contributed by atoms with Crippen molar-refractivity contribution in [2.45, 2.75) is 0 Å². The molecule has 1 aromatic carbocycles. The molecule has 0 amide bonds. The van der Waals surface area contributed by atoms with Gasteiger partial charge in [0.05, 0.1) is 5.02 Å². The van der Waals surface area contributed by atoms with Gasteiger partial charge in [-0.15, -0.1) is 12.6 Å². The maximum atomic E-state index is 10.8. The molecule has 0 radical (unpaired) electrons. The molecule has 4 heteroatoms. The topological polar surface area (TPSA) is 17.1 Å². The molecule has 0 N–H and O–H groups in total. The Kier molecular flexibility index (Phi) is 3.21. The molecule has 0 unspecified atom stereocenters. The first-order valence-electron chi connectivity index (χ1n) is 2.79. The third-order valence-electron chi connectivity index (χ3n) is 1.16. The lowest BCUT2D eigenvalue weighted by atomic mass is 10.2. The summed E-state index contributed by atoms with van der Waals surface area (Å²) in [6.45, 7) is 0. The molecule has 0 saturated heterocycles. The van der Waals surface area contributed by atoms with Crippen LogP contribution in [0.4, 0.5) is 0 Å². The van der Waals surface area contributed by atoms with Crippen molar-refractivity contribution in [2.24, 2.45) is 0 Å². The lowest BCUT2D eigenvalue weighted by molar-refractivity contribution is 0.109. The van der Waals surface area contributed by atoms with Crippen molar-refractivity contribution in [3.63, 3.8) is 0 Å². The first-order valence-corrected chi connectivity index (χ1v) is 4.70. The molecule has 0 atom stereocenters. The summed E-state index contributed by atoms with van der Waals surface area (Å²) in [5.74, 6) is 0. The minimum absolute atomic E-state index is 0.298. The van der Waals surface area contributed by atoms with Crippen molar-refractivity contribution in [1.29, 1.82) is 0 Å². The zero-order valence-electron chi connectivity index (χ0n) is 5.34. The minimum Gasteiger partial charge on any atom is -0.282 e. The van der Waals surface area contributed by atoms with Gasteiger partial charge in [0.1, 0.15) is 0 Å². The van der Waals surface area contributed by atoms with E-state index in [2.05, 4.69) is 35.2 Å². The highest BCUT2D eigenvalue weighted by molar-refractivity contribution is 14.1. The largest absolute Gasteiger partial charge is 0.282 e. The molecule has 0 spiro atoms. The average molecular weight is 299 g/mol. The molecule has 0 fully saturated rings. The van der Waals surface area contributed by atoms with Gasteiger partial charge >= 0.3 is 0 Å². The Bertz CT molecular complexity index is 300. The van der Waals surface area contributed by atoms with Gasteiger partial charge in [-0.05, 0) is 40.8 Å². The highest BCUT2D eigenvalue weighted by Gasteiger charge is 2.05. The van der Waals surface area contributed by atoms with Gasteiger partial charge in [0.15, 0.2) is 0 Å². The molecule has 0 aliphatic carbocycles. The van der Waals surface area contributed by atoms with Gasteiger partial charge < -0.3 is 0 Å². The van der Waals surface area contributed by atoms with Gasteiger partial charge in [-0.25, -0.2) is 0 Å². The van der Waals surface area contributed by atoms with Gasteiger partial charge in [-0.3, -0.25) is 4.79 Å². The molecule has 1 rings (SSSR count). The summed E-state index contributed by atoms with van der Waals surface area (Å²) in [6, 6.07) is 5.23. The minimum atomic E-state index is -0.298. The van der Waals surface area contributed by atoms with Crippen LogP contribution in [0.25, 0.3) is 0 Å². The summed E-state index contributed by atoms with van der Waals surface area (Å²) in [6.07, 6.45) is 0. The van der Waals surface area contributed by atoms with E-state index < -0.39 is 0 Å². The predicted molar refractivity (Wildman–Crippen MR) is 57.5 cm³/mol. The van der Waals surface area contributed by atoms with Crippen molar-refractivity contribution >= 4 is 51.9 Å². The van der Waals surface area contributed by atoms with Gasteiger partial charge in [-0.2, -0.15) is 0 Å². The van der Waals surface area contributed by atoms with Crippen LogP contribution in [0, 0.1) is 3.57 Å². The fourth-order valence-corrected chi connectivity index (χ4v) is 1.61. The van der Waals surface area contributed by atoms with E-state index in [-0.39, 0.29) is 5.12 Å². The predicted octanol–water partition coefficient (Wildman–Crippen LogP) is 3.01. The highest BCUT2D eigenvalue weighted by atomic mass is 127. The molecule has 58 valence electrons. The van der Waals surface area contributed by atoms with Crippen LogP contribution >= 0.6 is 46.8 Å². The lowest BCUT2D eigenvalue weighted by Gasteiger charge is -1.98. The Morgan fingerprint density at radius 2 is 2.18 bits per heavy atom. The fraction of sp³-hybridized carbons (Fsp3) is 0. The van der Waals surface area contributed by atoms with E-state index in [9.17, 15) is 4.79 Å². The van der Waals surface area contributed by atoms with E-state index in [4.69, 9.17) is 11.6 Å². The van der Waals surface area contributed by atoms with E-state index in [1.165, 1.54) is 0 Å². The molecule has 0 saturated carbocycles. The van der Waals surface area contributed by atoms with Gasteiger partial charge in [-0.1, -0.05) is 11.6 Å². The summed E-state index contributed by atoms with van der Waals surface area (Å²) in [5.41, 5.74) is 0.460. The number of hydrogen-bond donors (Lipinski definition) is 1. The molecule has 0 heterocycles. The number of carbonyl (C=O) groups excluding carboxylic acids is 1. The second-order valence-electron chi connectivity index (χ2n) is 1.93. The van der Waals surface area contributed by atoms with Crippen molar-refractivity contribution < 1.29 is 4.79 Å². The van der Waals surface area contributed by atoms with E-state index in [1.807, 2.05) is 6.07 Å². The first-order chi connectivity index (χ1) is 5.11. The molecule has 11 heavy (non-hydrogen) atoms. The SMILES string of the molecule is O=C(S)c1cc(I)ccc1Cl. The number of carbonyl (C=O) groups is 1. The van der Waals surface area contributed by atoms with Gasteiger partial charge in [0.2, 0.25) is 5.12 Å². The summed E-state index contributed by atoms with van der Waals surface area (Å²) in [5, 5.41) is 0.152. The van der Waals surface area contributed by atoms with Crippen LogP contribution in [0.1, 0.15) is 10.4 Å². The monoisotopic (exact) mass is 298 g/mol. The maximum absolute atomic E-state index is 10.8. The Hall–Kier alpha value is 0.260. The number of benzene rings is 1. The Morgan fingerprint density at radius 1 is 1.55 bits per heavy atom. The van der Waals surface area contributed by atoms with E-state index in [0.717, 1.165) is 3.57 Å². The Morgan fingerprint density at radius 3 is 2.64 bits per heavy atom. The molecule has 1 aromatic rings. The van der Waals surface area contributed by atoms with Crippen molar-refractivity contribution in [2.75, 3.05) is 0 Å². The number of rotatable bonds is 1. The second-order valence-corrected chi connectivity index (χ2v) is 3.99.